The fraction of sp³-hybridized carbons (Fsp3) is 0.200. The van der Waals surface area contributed by atoms with Gasteiger partial charge in [0.25, 0.3) is 5.56 Å². The highest BCUT2D eigenvalue weighted by atomic mass is 32.1. The van der Waals surface area contributed by atoms with Crippen LogP contribution in [0.4, 0.5) is 10.1 Å². The lowest BCUT2D eigenvalue weighted by Gasteiger charge is -2.05. The molecule has 1 aromatic carbocycles. The van der Waals surface area contributed by atoms with Crippen molar-refractivity contribution in [2.24, 2.45) is 4.99 Å². The molecule has 2 amide bonds. The smallest absolute Gasteiger partial charge is 0.313 e. The van der Waals surface area contributed by atoms with E-state index in [1.807, 2.05) is 0 Å². The molecule has 2 aromatic heterocycles. The molecular weight excluding hydrogens is 411 g/mol. The Balaban J connectivity index is 1.38. The van der Waals surface area contributed by atoms with Crippen molar-refractivity contribution >= 4 is 34.9 Å². The lowest BCUT2D eigenvalue weighted by atomic mass is 10.3. The van der Waals surface area contributed by atoms with Crippen molar-refractivity contribution in [2.45, 2.75) is 19.5 Å². The van der Waals surface area contributed by atoms with Gasteiger partial charge in [-0.25, -0.2) is 4.39 Å². The average Bonchev–Trinajstić information content (AvgIpc) is 3.32. The number of benzene rings is 1. The summed E-state index contributed by atoms with van der Waals surface area (Å²) in [6.45, 7) is 1.38. The third-order valence-corrected chi connectivity index (χ3v) is 5.41. The first-order valence-electron chi connectivity index (χ1n) is 9.19. The van der Waals surface area contributed by atoms with Gasteiger partial charge in [0, 0.05) is 24.9 Å². The van der Waals surface area contributed by atoms with E-state index in [2.05, 4.69) is 15.6 Å². The molecule has 8 nitrogen and oxygen atoms in total. The quantitative estimate of drug-likeness (QED) is 0.598. The molecule has 0 atom stereocenters. The van der Waals surface area contributed by atoms with Gasteiger partial charge in [0.2, 0.25) is 0 Å². The van der Waals surface area contributed by atoms with Crippen LogP contribution in [0.1, 0.15) is 17.9 Å². The topological polar surface area (TPSA) is 106 Å². The van der Waals surface area contributed by atoms with Crippen LogP contribution in [0.5, 0.6) is 0 Å². The number of anilines is 1. The van der Waals surface area contributed by atoms with Crippen LogP contribution in [0.25, 0.3) is 6.08 Å². The van der Waals surface area contributed by atoms with E-state index in [0.717, 1.165) is 13.0 Å². The van der Waals surface area contributed by atoms with Gasteiger partial charge in [-0.05, 0) is 42.8 Å². The summed E-state index contributed by atoms with van der Waals surface area (Å²) in [5, 5.41) is 4.82. The highest BCUT2D eigenvalue weighted by Crippen LogP contribution is 2.09. The Morgan fingerprint density at radius 1 is 1.20 bits per heavy atom. The fourth-order valence-electron chi connectivity index (χ4n) is 2.89. The summed E-state index contributed by atoms with van der Waals surface area (Å²) in [5.74, 6) is -1.28. The number of hydrogen-bond donors (Lipinski definition) is 2. The third-order valence-electron chi connectivity index (χ3n) is 4.36. The summed E-state index contributed by atoms with van der Waals surface area (Å²) in [6, 6.07) is 8.40. The van der Waals surface area contributed by atoms with Gasteiger partial charge < -0.3 is 15.1 Å². The first kappa shape index (κ1) is 19.8. The number of nitrogens with one attached hydrogen (secondary N) is 2. The summed E-state index contributed by atoms with van der Waals surface area (Å²) in [7, 11) is 0. The number of nitrogens with zero attached hydrogens (tertiary/aromatic N) is 2. The molecule has 154 valence electrons. The van der Waals surface area contributed by atoms with Crippen molar-refractivity contribution in [3.63, 3.8) is 0 Å². The molecule has 1 aliphatic rings. The predicted octanol–water partition coefficient (Wildman–Crippen LogP) is 0.749. The molecule has 3 aromatic rings. The Labute approximate surface area is 173 Å². The SMILES string of the molecule is O=C(NCc1ccc(/C=c2/sc3n(c2=O)CCCN=3)o1)C(=O)Nc1ccc(F)cc1. The van der Waals surface area contributed by atoms with Crippen LogP contribution in [-0.4, -0.2) is 22.9 Å². The zero-order valence-electron chi connectivity index (χ0n) is 15.7. The van der Waals surface area contributed by atoms with Crippen LogP contribution >= 0.6 is 11.3 Å². The Bertz CT molecular complexity index is 1270. The van der Waals surface area contributed by atoms with Crippen molar-refractivity contribution in [1.29, 1.82) is 0 Å². The van der Waals surface area contributed by atoms with E-state index < -0.39 is 17.6 Å². The number of carbonyl (C=O) groups is 2. The van der Waals surface area contributed by atoms with Crippen LogP contribution in [0.2, 0.25) is 0 Å². The molecule has 4 rings (SSSR count). The van der Waals surface area contributed by atoms with E-state index in [-0.39, 0.29) is 12.1 Å². The zero-order valence-corrected chi connectivity index (χ0v) is 16.5. The van der Waals surface area contributed by atoms with E-state index in [9.17, 15) is 18.8 Å². The minimum Gasteiger partial charge on any atom is -0.460 e. The highest BCUT2D eigenvalue weighted by Gasteiger charge is 2.14. The molecule has 0 saturated carbocycles. The second kappa shape index (κ2) is 8.46. The predicted molar refractivity (Wildman–Crippen MR) is 108 cm³/mol. The van der Waals surface area contributed by atoms with Gasteiger partial charge in [-0.15, -0.1) is 0 Å². The largest absolute Gasteiger partial charge is 0.460 e. The van der Waals surface area contributed by atoms with E-state index in [4.69, 9.17) is 4.42 Å². The molecule has 2 N–H and O–H groups in total. The number of aromatic nitrogens is 1. The van der Waals surface area contributed by atoms with E-state index in [1.54, 1.807) is 22.8 Å². The maximum absolute atomic E-state index is 12.9. The first-order chi connectivity index (χ1) is 14.5. The standard InChI is InChI=1S/C20H17FN4O4S/c21-12-2-4-13(5-3-12)24-18(27)17(26)23-11-15-7-6-14(29-15)10-16-19(28)25-9-1-8-22-20(25)30-16/h2-7,10H,1,8-9,11H2,(H,23,26)(H,24,27)/b16-10+. The molecule has 10 heteroatoms. The molecule has 0 bridgehead atoms. The van der Waals surface area contributed by atoms with Crippen LogP contribution in [0.15, 0.2) is 50.6 Å². The number of halogens is 1. The maximum Gasteiger partial charge on any atom is 0.313 e. The molecular formula is C20H17FN4O4S. The van der Waals surface area contributed by atoms with Crippen molar-refractivity contribution < 1.29 is 18.4 Å². The molecule has 0 radical (unpaired) electrons. The normalized spacial score (nSPS) is 13.4. The van der Waals surface area contributed by atoms with Crippen LogP contribution < -0.4 is 25.5 Å². The molecule has 0 aliphatic carbocycles. The zero-order chi connectivity index (χ0) is 21.1. The Morgan fingerprint density at radius 3 is 2.77 bits per heavy atom. The molecule has 0 fully saturated rings. The summed E-state index contributed by atoms with van der Waals surface area (Å²) >= 11 is 1.31. The van der Waals surface area contributed by atoms with Crippen molar-refractivity contribution in [1.82, 2.24) is 9.88 Å². The van der Waals surface area contributed by atoms with E-state index in [0.29, 0.717) is 33.1 Å². The third kappa shape index (κ3) is 4.38. The number of hydrogen-bond acceptors (Lipinski definition) is 6. The molecule has 0 unspecified atom stereocenters. The summed E-state index contributed by atoms with van der Waals surface area (Å²) in [4.78, 5) is 41.3. The number of carbonyl (C=O) groups excluding carboxylic acids is 2. The van der Waals surface area contributed by atoms with Gasteiger partial charge in [0.05, 0.1) is 11.1 Å². The molecule has 0 saturated heterocycles. The number of amides is 2. The van der Waals surface area contributed by atoms with Gasteiger partial charge in [-0.3, -0.25) is 23.9 Å². The lowest BCUT2D eigenvalue weighted by Crippen LogP contribution is -2.34. The van der Waals surface area contributed by atoms with Crippen molar-refractivity contribution in [3.8, 4) is 0 Å². The Morgan fingerprint density at radius 2 is 2.00 bits per heavy atom. The number of fused-ring (bicyclic) bond motifs is 1. The second-order valence-corrected chi connectivity index (χ2v) is 7.54. The van der Waals surface area contributed by atoms with Crippen LogP contribution in [-0.2, 0) is 22.7 Å². The molecule has 3 heterocycles. The monoisotopic (exact) mass is 428 g/mol. The van der Waals surface area contributed by atoms with E-state index >= 15 is 0 Å². The number of thiazole rings is 1. The second-order valence-electron chi connectivity index (χ2n) is 6.53. The van der Waals surface area contributed by atoms with Crippen molar-refractivity contribution in [3.05, 3.63) is 73.4 Å². The summed E-state index contributed by atoms with van der Waals surface area (Å²) in [5.41, 5.74) is 0.213. The minimum atomic E-state index is -0.874. The lowest BCUT2D eigenvalue weighted by molar-refractivity contribution is -0.136. The molecule has 0 spiro atoms. The summed E-state index contributed by atoms with van der Waals surface area (Å²) < 4.78 is 20.7. The molecule has 1 aliphatic heterocycles. The fourth-order valence-corrected chi connectivity index (χ4v) is 3.90. The molecule has 30 heavy (non-hydrogen) atoms. The van der Waals surface area contributed by atoms with Gasteiger partial charge in [0.1, 0.15) is 17.3 Å². The van der Waals surface area contributed by atoms with Crippen LogP contribution in [0.3, 0.4) is 0 Å². The maximum atomic E-state index is 12.9. The first-order valence-corrected chi connectivity index (χ1v) is 10.0. The highest BCUT2D eigenvalue weighted by molar-refractivity contribution is 7.07. The van der Waals surface area contributed by atoms with Crippen molar-refractivity contribution in [2.75, 3.05) is 11.9 Å². The number of rotatable bonds is 4. The minimum absolute atomic E-state index is 0.00122. The van der Waals surface area contributed by atoms with Gasteiger partial charge in [-0.2, -0.15) is 0 Å². The average molecular weight is 428 g/mol. The van der Waals surface area contributed by atoms with Gasteiger partial charge >= 0.3 is 11.8 Å². The van der Waals surface area contributed by atoms with Gasteiger partial charge in [0.15, 0.2) is 4.80 Å². The Kier molecular flexibility index (Phi) is 5.57. The number of furan rings is 1. The van der Waals surface area contributed by atoms with E-state index in [1.165, 1.54) is 35.6 Å². The Hall–Kier alpha value is -3.53. The summed E-state index contributed by atoms with van der Waals surface area (Å²) in [6.07, 6.45) is 2.49. The van der Waals surface area contributed by atoms with Gasteiger partial charge in [-0.1, -0.05) is 11.3 Å². The van der Waals surface area contributed by atoms with Crippen LogP contribution in [0, 0.1) is 5.82 Å².